The largest absolute Gasteiger partial charge is 0.383 e. The monoisotopic (exact) mass is 341 g/mol. The molecule has 2 N–H and O–H groups in total. The fraction of sp³-hybridized carbons (Fsp3) is 0.267. The van der Waals surface area contributed by atoms with Crippen molar-refractivity contribution < 1.29 is 0 Å². The smallest absolute Gasteiger partial charge is 0.196 e. The zero-order valence-corrected chi connectivity index (χ0v) is 14.2. The Morgan fingerprint density at radius 2 is 2.14 bits per heavy atom. The summed E-state index contributed by atoms with van der Waals surface area (Å²) in [4.78, 5) is 4.37. The lowest BCUT2D eigenvalue weighted by Crippen LogP contribution is -1.94. The number of thiazole rings is 1. The van der Waals surface area contributed by atoms with Crippen molar-refractivity contribution >= 4 is 52.1 Å². The number of hydrogen-bond donors (Lipinski definition) is 1. The summed E-state index contributed by atoms with van der Waals surface area (Å²) in [6.45, 7) is 4.45. The summed E-state index contributed by atoms with van der Waals surface area (Å²) in [6, 6.07) is 6.01. The van der Waals surface area contributed by atoms with Crippen LogP contribution < -0.4 is 5.73 Å². The van der Waals surface area contributed by atoms with Crippen LogP contribution in [0, 0.1) is 5.92 Å². The van der Waals surface area contributed by atoms with E-state index in [4.69, 9.17) is 17.3 Å². The minimum absolute atomic E-state index is 0. The summed E-state index contributed by atoms with van der Waals surface area (Å²) in [5.41, 5.74) is 8.14. The third-order valence-electron chi connectivity index (χ3n) is 3.19. The highest BCUT2D eigenvalue weighted by molar-refractivity contribution is 7.12. The molecule has 0 fully saturated rings. The molecule has 3 rings (SSSR count). The van der Waals surface area contributed by atoms with Crippen LogP contribution in [0.25, 0.3) is 16.0 Å². The van der Waals surface area contributed by atoms with Gasteiger partial charge in [-0.05, 0) is 30.0 Å². The number of rotatable bonds is 3. The average molecular weight is 342 g/mol. The van der Waals surface area contributed by atoms with Crippen LogP contribution in [0.15, 0.2) is 29.8 Å². The zero-order valence-electron chi connectivity index (χ0n) is 11.8. The van der Waals surface area contributed by atoms with Gasteiger partial charge in [0.15, 0.2) is 5.13 Å². The Kier molecular flexibility index (Phi) is 4.81. The summed E-state index contributed by atoms with van der Waals surface area (Å²) >= 11 is 7.68. The van der Waals surface area contributed by atoms with Crippen LogP contribution in [0.2, 0.25) is 5.02 Å². The molecule has 0 bridgehead atoms. The van der Waals surface area contributed by atoms with Crippen molar-refractivity contribution in [2.45, 2.75) is 20.3 Å². The topological polar surface area (TPSA) is 43.8 Å². The Morgan fingerprint density at radius 1 is 1.38 bits per heavy atom. The Hall–Kier alpha value is -1.23. The predicted octanol–water partition coefficient (Wildman–Crippen LogP) is 4.94. The SMILES string of the molecule is CC(C)Cc1cn(-c2nc(N)cs2)c2cc(Cl)ccc12.Cl. The molecule has 0 spiro atoms. The molecular weight excluding hydrogens is 325 g/mol. The Bertz CT molecular complexity index is 761. The number of benzene rings is 1. The maximum Gasteiger partial charge on any atom is 0.196 e. The van der Waals surface area contributed by atoms with Crippen LogP contribution in [0.3, 0.4) is 0 Å². The molecule has 0 amide bonds. The van der Waals surface area contributed by atoms with Crippen LogP contribution in [0.1, 0.15) is 19.4 Å². The van der Waals surface area contributed by atoms with E-state index in [2.05, 4.69) is 35.7 Å². The van der Waals surface area contributed by atoms with Gasteiger partial charge in [-0.2, -0.15) is 0 Å². The van der Waals surface area contributed by atoms with Crippen LogP contribution >= 0.6 is 35.3 Å². The van der Waals surface area contributed by atoms with E-state index in [9.17, 15) is 0 Å². The third-order valence-corrected chi connectivity index (χ3v) is 4.29. The predicted molar refractivity (Wildman–Crippen MR) is 94.2 cm³/mol. The second kappa shape index (κ2) is 6.26. The van der Waals surface area contributed by atoms with Crippen molar-refractivity contribution in [3.8, 4) is 5.13 Å². The number of fused-ring (bicyclic) bond motifs is 1. The molecule has 2 aromatic heterocycles. The van der Waals surface area contributed by atoms with Gasteiger partial charge < -0.3 is 5.73 Å². The number of anilines is 1. The van der Waals surface area contributed by atoms with E-state index in [0.29, 0.717) is 11.7 Å². The van der Waals surface area contributed by atoms with Crippen molar-refractivity contribution in [1.29, 1.82) is 0 Å². The van der Waals surface area contributed by atoms with Gasteiger partial charge in [0.25, 0.3) is 0 Å². The molecule has 0 aliphatic rings. The van der Waals surface area contributed by atoms with Gasteiger partial charge in [0.05, 0.1) is 5.52 Å². The fourth-order valence-corrected chi connectivity index (χ4v) is 3.29. The molecule has 3 aromatic rings. The fourth-order valence-electron chi connectivity index (χ4n) is 2.42. The first kappa shape index (κ1) is 16.1. The Balaban J connectivity index is 0.00000161. The van der Waals surface area contributed by atoms with Crippen molar-refractivity contribution in [3.63, 3.8) is 0 Å². The highest BCUT2D eigenvalue weighted by Crippen LogP contribution is 2.30. The maximum absolute atomic E-state index is 6.14. The van der Waals surface area contributed by atoms with Crippen LogP contribution in [0.4, 0.5) is 5.82 Å². The summed E-state index contributed by atoms with van der Waals surface area (Å²) in [5, 5.41) is 4.70. The number of hydrogen-bond acceptors (Lipinski definition) is 3. The molecule has 0 saturated carbocycles. The van der Waals surface area contributed by atoms with Gasteiger partial charge in [0, 0.05) is 22.0 Å². The number of nitrogen functional groups attached to an aromatic ring is 1. The number of halogens is 2. The number of nitrogens with zero attached hydrogens (tertiary/aromatic N) is 2. The van der Waals surface area contributed by atoms with Crippen molar-refractivity contribution in [2.24, 2.45) is 5.92 Å². The molecule has 0 radical (unpaired) electrons. The molecule has 0 saturated heterocycles. The lowest BCUT2D eigenvalue weighted by Gasteiger charge is -2.02. The van der Waals surface area contributed by atoms with E-state index in [0.717, 1.165) is 22.1 Å². The van der Waals surface area contributed by atoms with Crippen LogP contribution in [-0.2, 0) is 6.42 Å². The summed E-state index contributed by atoms with van der Waals surface area (Å²) in [6.07, 6.45) is 3.19. The second-order valence-electron chi connectivity index (χ2n) is 5.34. The molecule has 0 aliphatic carbocycles. The number of aromatic nitrogens is 2. The van der Waals surface area contributed by atoms with E-state index in [1.807, 2.05) is 17.5 Å². The molecule has 0 atom stereocenters. The first-order chi connectivity index (χ1) is 9.54. The lowest BCUT2D eigenvalue weighted by atomic mass is 10.0. The molecule has 2 heterocycles. The van der Waals surface area contributed by atoms with Gasteiger partial charge in [-0.25, -0.2) is 4.98 Å². The summed E-state index contributed by atoms with van der Waals surface area (Å²) in [7, 11) is 0. The second-order valence-corrected chi connectivity index (χ2v) is 6.61. The molecule has 0 unspecified atom stereocenters. The molecular formula is C15H17Cl2N3S. The van der Waals surface area contributed by atoms with Crippen molar-refractivity contribution in [3.05, 3.63) is 40.4 Å². The van der Waals surface area contributed by atoms with E-state index >= 15 is 0 Å². The molecule has 1 aromatic carbocycles. The first-order valence-corrected chi connectivity index (χ1v) is 7.81. The third kappa shape index (κ3) is 3.18. The van der Waals surface area contributed by atoms with E-state index in [1.165, 1.54) is 22.3 Å². The first-order valence-electron chi connectivity index (χ1n) is 6.55. The Morgan fingerprint density at radius 3 is 2.76 bits per heavy atom. The minimum Gasteiger partial charge on any atom is -0.383 e. The summed E-state index contributed by atoms with van der Waals surface area (Å²) in [5.74, 6) is 1.16. The van der Waals surface area contributed by atoms with Crippen molar-refractivity contribution in [2.75, 3.05) is 5.73 Å². The van der Waals surface area contributed by atoms with E-state index in [1.54, 1.807) is 0 Å². The Labute approximate surface area is 139 Å². The van der Waals surface area contributed by atoms with Gasteiger partial charge in [-0.1, -0.05) is 31.5 Å². The van der Waals surface area contributed by atoms with Crippen LogP contribution in [-0.4, -0.2) is 9.55 Å². The van der Waals surface area contributed by atoms with Crippen LogP contribution in [0.5, 0.6) is 0 Å². The standard InChI is InChI=1S/C15H16ClN3S.ClH/c1-9(2)5-10-7-19(15-18-14(17)8-20-15)13-6-11(16)3-4-12(10)13;/h3-4,6-9H,5,17H2,1-2H3;1H. The normalized spacial score (nSPS) is 11.0. The molecule has 112 valence electrons. The van der Waals surface area contributed by atoms with Gasteiger partial charge >= 0.3 is 0 Å². The lowest BCUT2D eigenvalue weighted by molar-refractivity contribution is 0.649. The highest BCUT2D eigenvalue weighted by Gasteiger charge is 2.13. The molecule has 0 aliphatic heterocycles. The van der Waals surface area contributed by atoms with Crippen molar-refractivity contribution in [1.82, 2.24) is 9.55 Å². The van der Waals surface area contributed by atoms with Gasteiger partial charge in [0.1, 0.15) is 5.82 Å². The van der Waals surface area contributed by atoms with Gasteiger partial charge in [0.2, 0.25) is 0 Å². The molecule has 3 nitrogen and oxygen atoms in total. The van der Waals surface area contributed by atoms with Gasteiger partial charge in [-0.15, -0.1) is 23.7 Å². The van der Waals surface area contributed by atoms with E-state index in [-0.39, 0.29) is 12.4 Å². The highest BCUT2D eigenvalue weighted by atomic mass is 35.5. The van der Waals surface area contributed by atoms with E-state index < -0.39 is 0 Å². The minimum atomic E-state index is 0. The molecule has 6 heteroatoms. The van der Waals surface area contributed by atoms with Gasteiger partial charge in [-0.3, -0.25) is 4.57 Å². The maximum atomic E-state index is 6.14. The number of nitrogens with two attached hydrogens (primary N) is 1. The summed E-state index contributed by atoms with van der Waals surface area (Å²) < 4.78 is 2.08. The zero-order chi connectivity index (χ0) is 14.3. The quantitative estimate of drug-likeness (QED) is 0.732. The average Bonchev–Trinajstić information content (AvgIpc) is 2.93. The molecule has 21 heavy (non-hydrogen) atoms.